The highest BCUT2D eigenvalue weighted by atomic mass is 19.3. The molecule has 0 aromatic carbocycles. The number of hydrogen-bond acceptors (Lipinski definition) is 2. The highest BCUT2D eigenvalue weighted by Crippen LogP contribution is 2.18. The number of hydrogen-bond donors (Lipinski definition) is 1. The van der Waals surface area contributed by atoms with Gasteiger partial charge in [0.15, 0.2) is 0 Å². The lowest BCUT2D eigenvalue weighted by molar-refractivity contribution is -0.0475. The molecule has 0 aromatic rings. The first-order valence-corrected chi connectivity index (χ1v) is 3.61. The molecular formula is C7H15F2NO. The summed E-state index contributed by atoms with van der Waals surface area (Å²) in [5, 5.41) is 0. The van der Waals surface area contributed by atoms with Gasteiger partial charge in [0.1, 0.15) is 5.54 Å². The third-order valence-electron chi connectivity index (χ3n) is 1.76. The fraction of sp³-hybridized carbons (Fsp3) is 1.00. The Morgan fingerprint density at radius 1 is 1.55 bits per heavy atom. The van der Waals surface area contributed by atoms with E-state index in [1.165, 1.54) is 6.92 Å². The lowest BCUT2D eigenvalue weighted by Gasteiger charge is -2.30. The number of rotatable bonds is 4. The maximum atomic E-state index is 12.2. The van der Waals surface area contributed by atoms with Gasteiger partial charge in [0.2, 0.25) is 0 Å². The standard InChI is InChI=1S/C7H15F2NO/c1-4-11-5(2)7(3,10)6(8)9/h5-6H,4,10H2,1-3H3. The molecule has 0 radical (unpaired) electrons. The van der Waals surface area contributed by atoms with Crippen LogP contribution in [0, 0.1) is 0 Å². The Bertz CT molecular complexity index is 117. The van der Waals surface area contributed by atoms with Gasteiger partial charge in [-0.15, -0.1) is 0 Å². The van der Waals surface area contributed by atoms with E-state index in [1.807, 2.05) is 0 Å². The van der Waals surface area contributed by atoms with Crippen molar-refractivity contribution in [3.05, 3.63) is 0 Å². The van der Waals surface area contributed by atoms with Crippen LogP contribution in [0.1, 0.15) is 20.8 Å². The van der Waals surface area contributed by atoms with Crippen LogP contribution in [0.2, 0.25) is 0 Å². The van der Waals surface area contributed by atoms with Crippen molar-refractivity contribution in [2.24, 2.45) is 5.73 Å². The summed E-state index contributed by atoms with van der Waals surface area (Å²) < 4.78 is 29.3. The van der Waals surface area contributed by atoms with Crippen molar-refractivity contribution in [2.45, 2.75) is 38.8 Å². The van der Waals surface area contributed by atoms with Crippen molar-refractivity contribution in [3.8, 4) is 0 Å². The summed E-state index contributed by atoms with van der Waals surface area (Å²) in [6, 6.07) is 0. The van der Waals surface area contributed by atoms with Gasteiger partial charge in [0, 0.05) is 6.61 Å². The quantitative estimate of drug-likeness (QED) is 0.686. The van der Waals surface area contributed by atoms with Crippen LogP contribution in [0.15, 0.2) is 0 Å². The first kappa shape index (κ1) is 10.8. The van der Waals surface area contributed by atoms with Gasteiger partial charge >= 0.3 is 0 Å². The second kappa shape index (κ2) is 3.97. The molecule has 2 N–H and O–H groups in total. The fourth-order valence-corrected chi connectivity index (χ4v) is 0.607. The minimum Gasteiger partial charge on any atom is -0.377 e. The summed E-state index contributed by atoms with van der Waals surface area (Å²) in [5.74, 6) is 0. The lowest BCUT2D eigenvalue weighted by Crippen LogP contribution is -2.53. The first-order chi connectivity index (χ1) is 4.92. The molecule has 0 heterocycles. The molecule has 0 bridgehead atoms. The fourth-order valence-electron chi connectivity index (χ4n) is 0.607. The SMILES string of the molecule is CCOC(C)C(C)(N)C(F)F. The largest absolute Gasteiger partial charge is 0.377 e. The topological polar surface area (TPSA) is 35.2 Å². The van der Waals surface area contributed by atoms with Crippen molar-refractivity contribution in [2.75, 3.05) is 6.61 Å². The molecule has 2 nitrogen and oxygen atoms in total. The van der Waals surface area contributed by atoms with Gasteiger partial charge in [-0.05, 0) is 20.8 Å². The number of halogens is 2. The monoisotopic (exact) mass is 167 g/mol. The average Bonchev–Trinajstić information content (AvgIpc) is 1.88. The van der Waals surface area contributed by atoms with E-state index < -0.39 is 18.1 Å². The lowest BCUT2D eigenvalue weighted by atomic mass is 9.98. The summed E-state index contributed by atoms with van der Waals surface area (Å²) >= 11 is 0. The molecule has 0 aliphatic rings. The van der Waals surface area contributed by atoms with E-state index in [9.17, 15) is 8.78 Å². The van der Waals surface area contributed by atoms with Gasteiger partial charge in [-0.1, -0.05) is 0 Å². The summed E-state index contributed by atoms with van der Waals surface area (Å²) in [4.78, 5) is 0. The van der Waals surface area contributed by atoms with Gasteiger partial charge in [0.05, 0.1) is 6.10 Å². The Morgan fingerprint density at radius 2 is 2.00 bits per heavy atom. The maximum absolute atomic E-state index is 12.2. The predicted octanol–water partition coefficient (Wildman–Crippen LogP) is 1.39. The molecule has 0 rings (SSSR count). The zero-order chi connectivity index (χ0) is 9.07. The second-order valence-electron chi connectivity index (χ2n) is 2.76. The summed E-state index contributed by atoms with van der Waals surface area (Å²) in [5.41, 5.74) is 3.77. The third-order valence-corrected chi connectivity index (χ3v) is 1.76. The molecule has 2 atom stereocenters. The van der Waals surface area contributed by atoms with Crippen LogP contribution in [0.4, 0.5) is 8.78 Å². The van der Waals surface area contributed by atoms with E-state index in [2.05, 4.69) is 0 Å². The molecule has 11 heavy (non-hydrogen) atoms. The molecule has 2 unspecified atom stereocenters. The zero-order valence-electron chi connectivity index (χ0n) is 7.10. The maximum Gasteiger partial charge on any atom is 0.258 e. The molecule has 0 aliphatic heterocycles. The molecule has 0 saturated carbocycles. The Balaban J connectivity index is 4.05. The molecular weight excluding hydrogens is 152 g/mol. The van der Waals surface area contributed by atoms with Crippen LogP contribution in [0.5, 0.6) is 0 Å². The van der Waals surface area contributed by atoms with Crippen LogP contribution in [0.3, 0.4) is 0 Å². The Morgan fingerprint density at radius 3 is 2.27 bits per heavy atom. The molecule has 0 saturated heterocycles. The Labute approximate surface area is 65.7 Å². The molecule has 0 spiro atoms. The average molecular weight is 167 g/mol. The van der Waals surface area contributed by atoms with E-state index in [-0.39, 0.29) is 0 Å². The smallest absolute Gasteiger partial charge is 0.258 e. The van der Waals surface area contributed by atoms with E-state index in [0.29, 0.717) is 6.61 Å². The van der Waals surface area contributed by atoms with Crippen molar-refractivity contribution in [1.29, 1.82) is 0 Å². The van der Waals surface area contributed by atoms with Gasteiger partial charge in [-0.3, -0.25) is 0 Å². The van der Waals surface area contributed by atoms with Crippen LogP contribution in [0.25, 0.3) is 0 Å². The van der Waals surface area contributed by atoms with Crippen molar-refractivity contribution >= 4 is 0 Å². The Hall–Kier alpha value is -0.220. The van der Waals surface area contributed by atoms with Gasteiger partial charge in [0.25, 0.3) is 6.43 Å². The minimum atomic E-state index is -2.55. The van der Waals surface area contributed by atoms with E-state index in [4.69, 9.17) is 10.5 Å². The van der Waals surface area contributed by atoms with Crippen LogP contribution >= 0.6 is 0 Å². The van der Waals surface area contributed by atoms with Gasteiger partial charge < -0.3 is 10.5 Å². The van der Waals surface area contributed by atoms with Crippen molar-refractivity contribution < 1.29 is 13.5 Å². The molecule has 68 valence electrons. The molecule has 4 heteroatoms. The van der Waals surface area contributed by atoms with Crippen LogP contribution in [-0.4, -0.2) is 24.7 Å². The van der Waals surface area contributed by atoms with Crippen molar-refractivity contribution in [3.63, 3.8) is 0 Å². The van der Waals surface area contributed by atoms with E-state index in [1.54, 1.807) is 13.8 Å². The number of ether oxygens (including phenoxy) is 1. The normalized spacial score (nSPS) is 19.9. The molecule has 0 amide bonds. The first-order valence-electron chi connectivity index (χ1n) is 3.61. The highest BCUT2D eigenvalue weighted by Gasteiger charge is 2.36. The van der Waals surface area contributed by atoms with Crippen molar-refractivity contribution in [1.82, 2.24) is 0 Å². The summed E-state index contributed by atoms with van der Waals surface area (Å²) in [6.45, 7) is 4.99. The molecule has 0 aromatic heterocycles. The zero-order valence-corrected chi connectivity index (χ0v) is 7.10. The highest BCUT2D eigenvalue weighted by molar-refractivity contribution is 4.87. The number of nitrogens with two attached hydrogens (primary N) is 1. The minimum absolute atomic E-state index is 0.403. The Kier molecular flexibility index (Phi) is 3.89. The summed E-state index contributed by atoms with van der Waals surface area (Å²) in [7, 11) is 0. The predicted molar refractivity (Wildman–Crippen MR) is 39.7 cm³/mol. The number of alkyl halides is 2. The van der Waals surface area contributed by atoms with E-state index >= 15 is 0 Å². The van der Waals surface area contributed by atoms with Crippen LogP contribution in [-0.2, 0) is 4.74 Å². The second-order valence-corrected chi connectivity index (χ2v) is 2.76. The van der Waals surface area contributed by atoms with Gasteiger partial charge in [-0.25, -0.2) is 8.78 Å². The van der Waals surface area contributed by atoms with E-state index in [0.717, 1.165) is 0 Å². The van der Waals surface area contributed by atoms with Crippen LogP contribution < -0.4 is 5.73 Å². The third kappa shape index (κ3) is 2.71. The molecule has 0 aliphatic carbocycles. The molecule has 0 fully saturated rings. The van der Waals surface area contributed by atoms with Gasteiger partial charge in [-0.2, -0.15) is 0 Å². The summed E-state index contributed by atoms with van der Waals surface area (Å²) in [6.07, 6.45) is -3.17.